The molecule has 84 valence electrons. The van der Waals surface area contributed by atoms with Gasteiger partial charge in [-0.05, 0) is 47.7 Å². The van der Waals surface area contributed by atoms with E-state index >= 15 is 0 Å². The Morgan fingerprint density at radius 2 is 1.81 bits per heavy atom. The third kappa shape index (κ3) is 2.56. The van der Waals surface area contributed by atoms with E-state index in [1.165, 1.54) is 0 Å². The lowest BCUT2D eigenvalue weighted by atomic mass is 10.1. The molecule has 2 rings (SSSR count). The average molecular weight is 362 g/mol. The van der Waals surface area contributed by atoms with Crippen LogP contribution in [0, 0.1) is 6.92 Å². The number of thiophene rings is 1. The van der Waals surface area contributed by atoms with Crippen LogP contribution < -0.4 is 0 Å². The van der Waals surface area contributed by atoms with Crippen LogP contribution in [0.25, 0.3) is 0 Å². The van der Waals surface area contributed by atoms with Crippen molar-refractivity contribution in [3.63, 3.8) is 0 Å². The predicted molar refractivity (Wildman–Crippen MR) is 75.0 cm³/mol. The molecule has 0 aliphatic rings. The molecule has 0 aliphatic carbocycles. The van der Waals surface area contributed by atoms with Gasteiger partial charge in [-0.15, -0.1) is 11.3 Å². The largest absolute Gasteiger partial charge is 0.383 e. The minimum Gasteiger partial charge on any atom is -0.383 e. The van der Waals surface area contributed by atoms with Crippen LogP contribution in [0.1, 0.15) is 22.1 Å². The first-order chi connectivity index (χ1) is 7.58. The van der Waals surface area contributed by atoms with Gasteiger partial charge in [0.15, 0.2) is 0 Å². The molecule has 1 heterocycles. The van der Waals surface area contributed by atoms with E-state index in [-0.39, 0.29) is 0 Å². The maximum atomic E-state index is 10.3. The van der Waals surface area contributed by atoms with E-state index in [1.807, 2.05) is 36.6 Å². The first kappa shape index (κ1) is 12.3. The molecule has 16 heavy (non-hydrogen) atoms. The number of aliphatic hydroxyl groups is 1. The predicted octanol–water partition coefficient (Wildman–Crippen LogP) is 4.66. The molecule has 0 fully saturated rings. The van der Waals surface area contributed by atoms with Gasteiger partial charge < -0.3 is 5.11 Å². The molecule has 0 saturated heterocycles. The van der Waals surface area contributed by atoms with E-state index in [9.17, 15) is 5.11 Å². The molecule has 1 unspecified atom stereocenters. The number of aliphatic hydroxyl groups excluding tert-OH is 1. The molecule has 0 radical (unpaired) electrons. The second-order valence-electron chi connectivity index (χ2n) is 3.57. The van der Waals surface area contributed by atoms with E-state index in [0.29, 0.717) is 0 Å². The molecule has 0 amide bonds. The van der Waals surface area contributed by atoms with Gasteiger partial charge in [-0.25, -0.2) is 0 Å². The lowest BCUT2D eigenvalue weighted by Gasteiger charge is -2.11. The fourth-order valence-electron chi connectivity index (χ4n) is 1.55. The topological polar surface area (TPSA) is 20.2 Å². The number of halogens is 2. The van der Waals surface area contributed by atoms with Crippen LogP contribution in [0.5, 0.6) is 0 Å². The zero-order valence-corrected chi connectivity index (χ0v) is 12.6. The highest BCUT2D eigenvalue weighted by atomic mass is 79.9. The smallest absolute Gasteiger partial charge is 0.114 e. The molecule has 0 spiro atoms. The summed E-state index contributed by atoms with van der Waals surface area (Å²) in [5.74, 6) is 0. The van der Waals surface area contributed by atoms with Gasteiger partial charge in [-0.1, -0.05) is 31.9 Å². The third-order valence-corrected chi connectivity index (χ3v) is 4.34. The van der Waals surface area contributed by atoms with Gasteiger partial charge in [0.1, 0.15) is 6.10 Å². The Morgan fingerprint density at radius 1 is 1.19 bits per heavy atom. The van der Waals surface area contributed by atoms with Gasteiger partial charge in [-0.2, -0.15) is 0 Å². The second kappa shape index (κ2) is 5.00. The van der Waals surface area contributed by atoms with Crippen molar-refractivity contribution < 1.29 is 5.11 Å². The van der Waals surface area contributed by atoms with Crippen LogP contribution in [-0.4, -0.2) is 5.11 Å². The molecular formula is C12H10Br2OS. The van der Waals surface area contributed by atoms with Crippen molar-refractivity contribution in [3.05, 3.63) is 54.6 Å². The minimum absolute atomic E-state index is 0.547. The molecular weight excluding hydrogens is 352 g/mol. The van der Waals surface area contributed by atoms with Gasteiger partial charge in [0, 0.05) is 13.8 Å². The maximum absolute atomic E-state index is 10.3. The van der Waals surface area contributed by atoms with Gasteiger partial charge in [0.05, 0.1) is 0 Å². The highest BCUT2D eigenvalue weighted by Crippen LogP contribution is 2.32. The minimum atomic E-state index is -0.547. The number of benzene rings is 1. The van der Waals surface area contributed by atoms with Crippen LogP contribution >= 0.6 is 43.2 Å². The van der Waals surface area contributed by atoms with Crippen molar-refractivity contribution in [2.45, 2.75) is 13.0 Å². The summed E-state index contributed by atoms with van der Waals surface area (Å²) < 4.78 is 1.93. The zero-order chi connectivity index (χ0) is 11.7. The number of hydrogen-bond donors (Lipinski definition) is 1. The summed E-state index contributed by atoms with van der Waals surface area (Å²) in [4.78, 5) is 1.00. The van der Waals surface area contributed by atoms with Crippen molar-refractivity contribution >= 4 is 43.2 Å². The number of rotatable bonds is 2. The monoisotopic (exact) mass is 360 g/mol. The van der Waals surface area contributed by atoms with E-state index in [4.69, 9.17) is 0 Å². The van der Waals surface area contributed by atoms with Crippen molar-refractivity contribution in [3.8, 4) is 0 Å². The van der Waals surface area contributed by atoms with Crippen LogP contribution in [0.4, 0.5) is 0 Å². The Bertz CT molecular complexity index is 487. The quantitative estimate of drug-likeness (QED) is 0.824. The SMILES string of the molecule is Cc1ccsc1C(O)c1cc(Br)cc(Br)c1. The summed E-state index contributed by atoms with van der Waals surface area (Å²) in [6.45, 7) is 2.02. The molecule has 1 nitrogen and oxygen atoms in total. The summed E-state index contributed by atoms with van der Waals surface area (Å²) in [5, 5.41) is 12.3. The lowest BCUT2D eigenvalue weighted by molar-refractivity contribution is 0.223. The normalized spacial score (nSPS) is 12.8. The Labute approximate surface area is 115 Å². The molecule has 4 heteroatoms. The lowest BCUT2D eigenvalue weighted by Crippen LogP contribution is -1.98. The first-order valence-corrected chi connectivity index (χ1v) is 7.22. The molecule has 0 bridgehead atoms. The fourth-order valence-corrected chi connectivity index (χ4v) is 3.82. The fraction of sp³-hybridized carbons (Fsp3) is 0.167. The Kier molecular flexibility index (Phi) is 3.85. The number of hydrogen-bond acceptors (Lipinski definition) is 2. The van der Waals surface area contributed by atoms with Gasteiger partial charge in [0.2, 0.25) is 0 Å². The van der Waals surface area contributed by atoms with E-state index in [0.717, 1.165) is 24.9 Å². The molecule has 1 aromatic carbocycles. The van der Waals surface area contributed by atoms with Crippen LogP contribution in [0.15, 0.2) is 38.6 Å². The van der Waals surface area contributed by atoms with Crippen LogP contribution in [-0.2, 0) is 0 Å². The maximum Gasteiger partial charge on any atom is 0.114 e. The second-order valence-corrected chi connectivity index (χ2v) is 6.35. The van der Waals surface area contributed by atoms with Gasteiger partial charge >= 0.3 is 0 Å². The summed E-state index contributed by atoms with van der Waals surface area (Å²) in [5.41, 5.74) is 2.03. The first-order valence-electron chi connectivity index (χ1n) is 4.76. The average Bonchev–Trinajstić information content (AvgIpc) is 2.62. The highest BCUT2D eigenvalue weighted by molar-refractivity contribution is 9.11. The molecule has 1 aromatic heterocycles. The zero-order valence-electron chi connectivity index (χ0n) is 8.58. The third-order valence-electron chi connectivity index (χ3n) is 2.35. The van der Waals surface area contributed by atoms with Crippen LogP contribution in [0.2, 0.25) is 0 Å². The van der Waals surface area contributed by atoms with Crippen molar-refractivity contribution in [1.82, 2.24) is 0 Å². The van der Waals surface area contributed by atoms with E-state index < -0.39 is 6.10 Å². The summed E-state index contributed by atoms with van der Waals surface area (Å²) in [6, 6.07) is 7.86. The van der Waals surface area contributed by atoms with E-state index in [1.54, 1.807) is 11.3 Å². The van der Waals surface area contributed by atoms with Crippen molar-refractivity contribution in [1.29, 1.82) is 0 Å². The standard InChI is InChI=1S/C12H10Br2OS/c1-7-2-3-16-12(7)11(15)8-4-9(13)6-10(14)5-8/h2-6,11,15H,1H3. The van der Waals surface area contributed by atoms with E-state index in [2.05, 4.69) is 31.9 Å². The Morgan fingerprint density at radius 3 is 2.31 bits per heavy atom. The summed E-state index contributed by atoms with van der Waals surface area (Å²) in [7, 11) is 0. The molecule has 1 N–H and O–H groups in total. The van der Waals surface area contributed by atoms with Crippen LogP contribution in [0.3, 0.4) is 0 Å². The Balaban J connectivity index is 2.41. The van der Waals surface area contributed by atoms with Crippen molar-refractivity contribution in [2.75, 3.05) is 0 Å². The highest BCUT2D eigenvalue weighted by Gasteiger charge is 2.15. The Hall–Kier alpha value is -0.160. The molecule has 0 aliphatic heterocycles. The molecule has 2 aromatic rings. The van der Waals surface area contributed by atoms with Gasteiger partial charge in [0.25, 0.3) is 0 Å². The number of aryl methyl sites for hydroxylation is 1. The van der Waals surface area contributed by atoms with Gasteiger partial charge in [-0.3, -0.25) is 0 Å². The summed E-state index contributed by atoms with van der Waals surface area (Å²) in [6.07, 6.45) is -0.547. The summed E-state index contributed by atoms with van der Waals surface area (Å²) >= 11 is 8.43. The molecule has 0 saturated carbocycles. The van der Waals surface area contributed by atoms with Crippen molar-refractivity contribution in [2.24, 2.45) is 0 Å². The molecule has 1 atom stereocenters.